The fourth-order valence-corrected chi connectivity index (χ4v) is 3.53. The molecule has 1 N–H and O–H groups in total. The number of pyridine rings is 1. The number of hydrogen-bond acceptors (Lipinski definition) is 2. The molecule has 0 aliphatic heterocycles. The largest absolute Gasteiger partial charge is 0.353 e. The van der Waals surface area contributed by atoms with Crippen molar-refractivity contribution in [1.29, 1.82) is 0 Å². The number of aryl methyl sites for hydroxylation is 2. The molecular formula is C19H27N3O. The van der Waals surface area contributed by atoms with Gasteiger partial charge in [-0.05, 0) is 49.8 Å². The van der Waals surface area contributed by atoms with Crippen LogP contribution in [-0.4, -0.2) is 21.3 Å². The van der Waals surface area contributed by atoms with E-state index in [4.69, 9.17) is 0 Å². The van der Waals surface area contributed by atoms with E-state index < -0.39 is 0 Å². The molecule has 2 atom stereocenters. The number of aromatic nitrogens is 2. The molecule has 0 spiro atoms. The minimum atomic E-state index is 0.164. The molecule has 124 valence electrons. The number of carbonyl (C=O) groups is 1. The minimum Gasteiger partial charge on any atom is -0.353 e. The first-order chi connectivity index (χ1) is 11.1. The van der Waals surface area contributed by atoms with Crippen LogP contribution in [0.5, 0.6) is 0 Å². The fourth-order valence-electron chi connectivity index (χ4n) is 3.53. The second kappa shape index (κ2) is 7.16. The molecular weight excluding hydrogens is 286 g/mol. The van der Waals surface area contributed by atoms with Crippen molar-refractivity contribution in [3.8, 4) is 0 Å². The molecule has 0 aromatic carbocycles. The highest BCUT2D eigenvalue weighted by Gasteiger charge is 2.18. The van der Waals surface area contributed by atoms with Crippen LogP contribution in [0.25, 0.3) is 5.65 Å². The lowest BCUT2D eigenvalue weighted by molar-refractivity contribution is -0.121. The van der Waals surface area contributed by atoms with Gasteiger partial charge in [0.25, 0.3) is 0 Å². The average molecular weight is 313 g/mol. The van der Waals surface area contributed by atoms with Gasteiger partial charge in [0.15, 0.2) is 0 Å². The number of amides is 1. The summed E-state index contributed by atoms with van der Waals surface area (Å²) >= 11 is 0. The zero-order valence-electron chi connectivity index (χ0n) is 14.2. The molecule has 2 heterocycles. The molecule has 1 fully saturated rings. The van der Waals surface area contributed by atoms with Crippen LogP contribution < -0.4 is 5.32 Å². The topological polar surface area (TPSA) is 46.4 Å². The number of imidazole rings is 1. The van der Waals surface area contributed by atoms with Gasteiger partial charge in [0, 0.05) is 24.9 Å². The van der Waals surface area contributed by atoms with E-state index in [2.05, 4.69) is 36.3 Å². The summed E-state index contributed by atoms with van der Waals surface area (Å²) in [6.07, 6.45) is 11.4. The van der Waals surface area contributed by atoms with Gasteiger partial charge < -0.3 is 9.72 Å². The normalized spacial score (nSPS) is 22.0. The van der Waals surface area contributed by atoms with Gasteiger partial charge in [-0.1, -0.05) is 26.2 Å². The van der Waals surface area contributed by atoms with E-state index in [9.17, 15) is 4.79 Å². The molecule has 2 aromatic rings. The summed E-state index contributed by atoms with van der Waals surface area (Å²) < 4.78 is 2.02. The van der Waals surface area contributed by atoms with Crippen LogP contribution >= 0.6 is 0 Å². The Hall–Kier alpha value is -1.84. The van der Waals surface area contributed by atoms with Gasteiger partial charge in [-0.2, -0.15) is 0 Å². The van der Waals surface area contributed by atoms with Crippen molar-refractivity contribution in [2.24, 2.45) is 5.92 Å². The molecule has 1 saturated carbocycles. The summed E-state index contributed by atoms with van der Waals surface area (Å²) in [6, 6.07) is 4.50. The number of nitrogens with one attached hydrogen (secondary N) is 1. The first-order valence-electron chi connectivity index (χ1n) is 8.84. The Morgan fingerprint density at radius 2 is 2.22 bits per heavy atom. The lowest BCUT2D eigenvalue weighted by atomic mass is 10.0. The van der Waals surface area contributed by atoms with Crippen LogP contribution in [0.15, 0.2) is 24.5 Å². The van der Waals surface area contributed by atoms with Crippen molar-refractivity contribution < 1.29 is 4.79 Å². The molecule has 0 bridgehead atoms. The Bertz CT molecular complexity index is 676. The molecule has 3 rings (SSSR count). The van der Waals surface area contributed by atoms with Gasteiger partial charge >= 0.3 is 0 Å². The summed E-state index contributed by atoms with van der Waals surface area (Å²) in [4.78, 5) is 16.8. The van der Waals surface area contributed by atoms with Crippen LogP contribution in [0.1, 0.15) is 56.7 Å². The maximum atomic E-state index is 12.2. The lowest BCUT2D eigenvalue weighted by Crippen LogP contribution is -2.35. The smallest absolute Gasteiger partial charge is 0.220 e. The highest BCUT2D eigenvalue weighted by atomic mass is 16.1. The van der Waals surface area contributed by atoms with E-state index in [1.165, 1.54) is 24.8 Å². The predicted molar refractivity (Wildman–Crippen MR) is 92.4 cm³/mol. The minimum absolute atomic E-state index is 0.164. The zero-order chi connectivity index (χ0) is 16.2. The molecule has 4 heteroatoms. The number of rotatable bonds is 4. The van der Waals surface area contributed by atoms with Crippen LogP contribution in [0.4, 0.5) is 0 Å². The lowest BCUT2D eigenvalue weighted by Gasteiger charge is -2.18. The summed E-state index contributed by atoms with van der Waals surface area (Å²) in [5.41, 5.74) is 3.15. The molecule has 0 saturated heterocycles. The van der Waals surface area contributed by atoms with E-state index >= 15 is 0 Å². The monoisotopic (exact) mass is 313 g/mol. The van der Waals surface area contributed by atoms with Crippen molar-refractivity contribution >= 4 is 11.6 Å². The van der Waals surface area contributed by atoms with E-state index in [1.807, 2.05) is 16.8 Å². The summed E-state index contributed by atoms with van der Waals surface area (Å²) in [7, 11) is 0. The average Bonchev–Trinajstić information content (AvgIpc) is 2.80. The first kappa shape index (κ1) is 16.0. The van der Waals surface area contributed by atoms with Gasteiger partial charge in [-0.25, -0.2) is 4.98 Å². The molecule has 0 radical (unpaired) electrons. The molecule has 2 unspecified atom stereocenters. The quantitative estimate of drug-likeness (QED) is 0.876. The van der Waals surface area contributed by atoms with Gasteiger partial charge in [0.2, 0.25) is 5.91 Å². The SMILES string of the molecule is Cc1ccn2cc(CCC(=O)NC3CCCCC(C)C3)nc2c1. The molecule has 1 amide bonds. The van der Waals surface area contributed by atoms with Crippen LogP contribution in [-0.2, 0) is 11.2 Å². The molecule has 23 heavy (non-hydrogen) atoms. The van der Waals surface area contributed by atoms with Gasteiger partial charge in [-0.15, -0.1) is 0 Å². The fraction of sp³-hybridized carbons (Fsp3) is 0.579. The summed E-state index contributed by atoms with van der Waals surface area (Å²) in [6.45, 7) is 4.36. The Balaban J connectivity index is 1.53. The molecule has 1 aliphatic rings. The van der Waals surface area contributed by atoms with E-state index in [-0.39, 0.29) is 5.91 Å². The van der Waals surface area contributed by atoms with Crippen LogP contribution in [0.3, 0.4) is 0 Å². The number of hydrogen-bond donors (Lipinski definition) is 1. The van der Waals surface area contributed by atoms with Crippen molar-refractivity contribution in [2.45, 2.75) is 64.8 Å². The van der Waals surface area contributed by atoms with Gasteiger partial charge in [0.05, 0.1) is 5.69 Å². The highest BCUT2D eigenvalue weighted by molar-refractivity contribution is 5.76. The maximum absolute atomic E-state index is 12.2. The molecule has 2 aromatic heterocycles. The highest BCUT2D eigenvalue weighted by Crippen LogP contribution is 2.22. The standard InChI is InChI=1S/C19H27N3O/c1-14-5-3-4-6-16(11-14)21-19(23)8-7-17-13-22-10-9-15(2)12-18(22)20-17/h9-10,12-14,16H,3-8,11H2,1-2H3,(H,21,23). The van der Waals surface area contributed by atoms with E-state index in [0.717, 1.165) is 30.1 Å². The van der Waals surface area contributed by atoms with Crippen LogP contribution in [0, 0.1) is 12.8 Å². The Morgan fingerprint density at radius 1 is 1.39 bits per heavy atom. The van der Waals surface area contributed by atoms with Crippen molar-refractivity contribution in [3.63, 3.8) is 0 Å². The third kappa shape index (κ3) is 4.34. The number of fused-ring (bicyclic) bond motifs is 1. The van der Waals surface area contributed by atoms with Gasteiger partial charge in [0.1, 0.15) is 5.65 Å². The van der Waals surface area contributed by atoms with Gasteiger partial charge in [-0.3, -0.25) is 4.79 Å². The van der Waals surface area contributed by atoms with Crippen molar-refractivity contribution in [1.82, 2.24) is 14.7 Å². The second-order valence-electron chi connectivity index (χ2n) is 7.09. The Kier molecular flexibility index (Phi) is 4.99. The zero-order valence-corrected chi connectivity index (χ0v) is 14.2. The molecule has 4 nitrogen and oxygen atoms in total. The Labute approximate surface area is 138 Å². The van der Waals surface area contributed by atoms with Crippen LogP contribution in [0.2, 0.25) is 0 Å². The number of nitrogens with zero attached hydrogens (tertiary/aromatic N) is 2. The second-order valence-corrected chi connectivity index (χ2v) is 7.09. The predicted octanol–water partition coefficient (Wildman–Crippen LogP) is 3.66. The molecule has 1 aliphatic carbocycles. The summed E-state index contributed by atoms with van der Waals surface area (Å²) in [5, 5.41) is 3.23. The van der Waals surface area contributed by atoms with E-state index in [0.29, 0.717) is 18.9 Å². The number of carbonyl (C=O) groups excluding carboxylic acids is 1. The summed E-state index contributed by atoms with van der Waals surface area (Å²) in [5.74, 6) is 0.891. The Morgan fingerprint density at radius 3 is 3.09 bits per heavy atom. The maximum Gasteiger partial charge on any atom is 0.220 e. The van der Waals surface area contributed by atoms with E-state index in [1.54, 1.807) is 0 Å². The third-order valence-electron chi connectivity index (χ3n) is 4.83. The third-order valence-corrected chi connectivity index (χ3v) is 4.83. The van der Waals surface area contributed by atoms with Crippen molar-refractivity contribution in [3.05, 3.63) is 35.8 Å². The first-order valence-corrected chi connectivity index (χ1v) is 8.84. The van der Waals surface area contributed by atoms with Crippen molar-refractivity contribution in [2.75, 3.05) is 0 Å².